The number of aryl methyl sites for hydroxylation is 3. The zero-order chi connectivity index (χ0) is 29.8. The Morgan fingerprint density at radius 2 is 2.00 bits per heavy atom. The van der Waals surface area contributed by atoms with Crippen molar-refractivity contribution in [3.8, 4) is 0 Å². The van der Waals surface area contributed by atoms with Crippen molar-refractivity contribution in [2.75, 3.05) is 18.0 Å². The standard InChI is InChI=1S/C30H35N7O4S/c1-4-26-33-34-28-20(3)23(10-14-36(26)28)24(16-27(38)39)21-9-8-19(2)22(15-21)17-35-18-30(31)11-6-13-37(30)29-25(42(35,40)41)7-5-12-32-29/h5,7-10,12,14-15,24H,4,6,11,13,16-18,31H2,1-3H3,(H,38,39)/t24?,30-/m1/s1. The van der Waals surface area contributed by atoms with Gasteiger partial charge in [-0.15, -0.1) is 10.2 Å². The van der Waals surface area contributed by atoms with Crippen molar-refractivity contribution in [3.05, 3.63) is 82.4 Å². The van der Waals surface area contributed by atoms with Crippen LogP contribution in [0, 0.1) is 13.8 Å². The first-order valence-corrected chi connectivity index (χ1v) is 15.6. The number of anilines is 1. The molecule has 2 aliphatic heterocycles. The van der Waals surface area contributed by atoms with E-state index in [0.29, 0.717) is 24.4 Å². The summed E-state index contributed by atoms with van der Waals surface area (Å²) in [5, 5.41) is 18.5. The van der Waals surface area contributed by atoms with Gasteiger partial charge in [-0.3, -0.25) is 9.20 Å². The van der Waals surface area contributed by atoms with E-state index in [1.165, 1.54) is 4.31 Å². The molecule has 3 N–H and O–H groups in total. The zero-order valence-corrected chi connectivity index (χ0v) is 24.8. The van der Waals surface area contributed by atoms with Gasteiger partial charge in [-0.1, -0.05) is 25.1 Å². The SMILES string of the molecule is CCc1nnc2c(C)c(C(CC(=O)O)c3ccc(C)c(CN4C[C@@]5(N)CCCN5c5ncccc5S4(=O)=O)c3)ccn12. The second kappa shape index (κ2) is 10.4. The summed E-state index contributed by atoms with van der Waals surface area (Å²) in [6.45, 7) is 6.75. The summed E-state index contributed by atoms with van der Waals surface area (Å²) in [7, 11) is -3.91. The quantitative estimate of drug-likeness (QED) is 0.331. The first-order valence-electron chi connectivity index (χ1n) is 14.2. The number of aliphatic carboxylic acids is 1. The fraction of sp³-hybridized carbons (Fsp3) is 0.400. The number of benzene rings is 1. The average molecular weight is 590 g/mol. The summed E-state index contributed by atoms with van der Waals surface area (Å²) in [6, 6.07) is 11.0. The Labute approximate surface area is 245 Å². The molecule has 0 bridgehead atoms. The molecule has 1 fully saturated rings. The van der Waals surface area contributed by atoms with E-state index in [1.807, 2.05) is 60.5 Å². The van der Waals surface area contributed by atoms with Gasteiger partial charge in [-0.05, 0) is 72.7 Å². The number of aromatic nitrogens is 4. The van der Waals surface area contributed by atoms with Crippen molar-refractivity contribution in [2.24, 2.45) is 5.73 Å². The van der Waals surface area contributed by atoms with Gasteiger partial charge in [-0.25, -0.2) is 13.4 Å². The molecule has 0 spiro atoms. The van der Waals surface area contributed by atoms with Crippen LogP contribution in [-0.2, 0) is 27.8 Å². The van der Waals surface area contributed by atoms with Crippen LogP contribution in [0.3, 0.4) is 0 Å². The van der Waals surface area contributed by atoms with Crippen LogP contribution in [0.25, 0.3) is 5.65 Å². The van der Waals surface area contributed by atoms with Gasteiger partial charge in [0.25, 0.3) is 0 Å². The summed E-state index contributed by atoms with van der Waals surface area (Å²) in [6.07, 6.45) is 5.59. The maximum atomic E-state index is 14.0. The Morgan fingerprint density at radius 1 is 1.19 bits per heavy atom. The van der Waals surface area contributed by atoms with E-state index >= 15 is 0 Å². The molecular weight excluding hydrogens is 554 g/mol. The predicted molar refractivity (Wildman–Crippen MR) is 158 cm³/mol. The molecule has 0 amide bonds. The topological polar surface area (TPSA) is 147 Å². The smallest absolute Gasteiger partial charge is 0.304 e. The first-order chi connectivity index (χ1) is 20.0. The van der Waals surface area contributed by atoms with Gasteiger partial charge in [-0.2, -0.15) is 4.31 Å². The molecule has 4 aromatic rings. The second-order valence-electron chi connectivity index (χ2n) is 11.4. The molecule has 1 unspecified atom stereocenters. The lowest BCUT2D eigenvalue weighted by molar-refractivity contribution is -0.137. The summed E-state index contributed by atoms with van der Waals surface area (Å²) >= 11 is 0. The lowest BCUT2D eigenvalue weighted by Crippen LogP contribution is -2.58. The molecule has 220 valence electrons. The number of pyridine rings is 2. The van der Waals surface area contributed by atoms with Crippen LogP contribution in [0.1, 0.15) is 65.7 Å². The number of carboxylic acids is 1. The largest absolute Gasteiger partial charge is 0.481 e. The second-order valence-corrected chi connectivity index (χ2v) is 13.3. The minimum Gasteiger partial charge on any atom is -0.481 e. The molecule has 0 radical (unpaired) electrons. The summed E-state index contributed by atoms with van der Waals surface area (Å²) in [4.78, 5) is 18.6. The van der Waals surface area contributed by atoms with Crippen molar-refractivity contribution >= 4 is 27.5 Å². The van der Waals surface area contributed by atoms with Gasteiger partial charge in [0, 0.05) is 37.8 Å². The summed E-state index contributed by atoms with van der Waals surface area (Å²) in [5.74, 6) is -0.160. The third kappa shape index (κ3) is 4.63. The van der Waals surface area contributed by atoms with E-state index in [2.05, 4.69) is 15.2 Å². The Balaban J connectivity index is 1.42. The Bertz CT molecular complexity index is 1800. The van der Waals surface area contributed by atoms with E-state index in [1.54, 1.807) is 18.3 Å². The van der Waals surface area contributed by atoms with Crippen LogP contribution >= 0.6 is 0 Å². The highest BCUT2D eigenvalue weighted by Crippen LogP contribution is 2.40. The van der Waals surface area contributed by atoms with Crippen molar-refractivity contribution < 1.29 is 18.3 Å². The zero-order valence-electron chi connectivity index (χ0n) is 24.0. The van der Waals surface area contributed by atoms with E-state index in [-0.39, 0.29) is 24.4 Å². The molecule has 11 nitrogen and oxygen atoms in total. The van der Waals surface area contributed by atoms with E-state index in [0.717, 1.165) is 46.5 Å². The molecule has 3 aromatic heterocycles. The molecule has 5 heterocycles. The van der Waals surface area contributed by atoms with E-state index < -0.39 is 27.6 Å². The number of carbonyl (C=O) groups is 1. The number of carboxylic acid groups (broad SMARTS) is 1. The normalized spacial score (nSPS) is 20.7. The van der Waals surface area contributed by atoms with Crippen molar-refractivity contribution in [1.29, 1.82) is 0 Å². The minimum absolute atomic E-state index is 0.102. The highest BCUT2D eigenvalue weighted by atomic mass is 32.2. The Morgan fingerprint density at radius 3 is 2.76 bits per heavy atom. The fourth-order valence-electron chi connectivity index (χ4n) is 6.45. The molecule has 2 atom stereocenters. The molecule has 6 rings (SSSR count). The molecule has 0 saturated carbocycles. The monoisotopic (exact) mass is 589 g/mol. The average Bonchev–Trinajstić information content (AvgIpc) is 3.55. The Hall–Kier alpha value is -3.87. The molecular formula is C30H35N7O4S. The Kier molecular flexibility index (Phi) is 7.03. The molecule has 1 aromatic carbocycles. The van der Waals surface area contributed by atoms with Crippen molar-refractivity contribution in [3.63, 3.8) is 0 Å². The molecule has 0 aliphatic carbocycles. The lowest BCUT2D eigenvalue weighted by atomic mass is 9.85. The third-order valence-corrected chi connectivity index (χ3v) is 10.5. The maximum absolute atomic E-state index is 14.0. The molecule has 2 aliphatic rings. The van der Waals surface area contributed by atoms with Crippen LogP contribution in [0.15, 0.2) is 53.7 Å². The highest BCUT2D eigenvalue weighted by Gasteiger charge is 2.47. The molecule has 12 heteroatoms. The van der Waals surface area contributed by atoms with Crippen LogP contribution in [0.4, 0.5) is 5.82 Å². The summed E-state index contributed by atoms with van der Waals surface area (Å²) < 4.78 is 31.4. The number of sulfonamides is 1. The molecule has 1 saturated heterocycles. The number of nitrogens with zero attached hydrogens (tertiary/aromatic N) is 6. The lowest BCUT2D eigenvalue weighted by Gasteiger charge is -2.36. The fourth-order valence-corrected chi connectivity index (χ4v) is 8.08. The molecule has 42 heavy (non-hydrogen) atoms. The third-order valence-electron chi connectivity index (χ3n) is 8.73. The predicted octanol–water partition coefficient (Wildman–Crippen LogP) is 3.37. The van der Waals surface area contributed by atoms with E-state index in [4.69, 9.17) is 5.73 Å². The minimum atomic E-state index is -3.91. The van der Waals surface area contributed by atoms with Crippen molar-refractivity contribution in [2.45, 2.75) is 69.5 Å². The number of fused-ring (bicyclic) bond motifs is 4. The van der Waals surface area contributed by atoms with Gasteiger partial charge in [0.1, 0.15) is 22.2 Å². The number of hydrogen-bond donors (Lipinski definition) is 2. The van der Waals surface area contributed by atoms with Crippen LogP contribution in [0.5, 0.6) is 0 Å². The summed E-state index contributed by atoms with van der Waals surface area (Å²) in [5.41, 5.74) is 10.9. The maximum Gasteiger partial charge on any atom is 0.304 e. The first kappa shape index (κ1) is 28.3. The van der Waals surface area contributed by atoms with Crippen LogP contribution in [0.2, 0.25) is 0 Å². The highest BCUT2D eigenvalue weighted by molar-refractivity contribution is 7.89. The van der Waals surface area contributed by atoms with E-state index in [9.17, 15) is 18.3 Å². The van der Waals surface area contributed by atoms with Crippen LogP contribution in [-0.4, -0.2) is 62.1 Å². The number of hydrogen-bond acceptors (Lipinski definition) is 8. The van der Waals surface area contributed by atoms with Gasteiger partial charge < -0.3 is 15.7 Å². The van der Waals surface area contributed by atoms with Crippen LogP contribution < -0.4 is 10.6 Å². The number of nitrogens with two attached hydrogens (primary N) is 1. The van der Waals surface area contributed by atoms with Crippen molar-refractivity contribution in [1.82, 2.24) is 23.9 Å². The van der Waals surface area contributed by atoms with Gasteiger partial charge >= 0.3 is 5.97 Å². The number of rotatable bonds is 7. The van der Waals surface area contributed by atoms with Gasteiger partial charge in [0.05, 0.1) is 13.0 Å². The van der Waals surface area contributed by atoms with Gasteiger partial charge in [0.2, 0.25) is 10.0 Å². The van der Waals surface area contributed by atoms with Gasteiger partial charge in [0.15, 0.2) is 5.65 Å².